The van der Waals surface area contributed by atoms with Crippen LogP contribution in [0.15, 0.2) is 53.1 Å². The van der Waals surface area contributed by atoms with E-state index < -0.39 is 0 Å². The molecule has 0 radical (unpaired) electrons. The minimum Gasteiger partial charge on any atom is -0.325 e. The van der Waals surface area contributed by atoms with Crippen LogP contribution in [0, 0.1) is 18.3 Å². The molecule has 0 saturated carbocycles. The van der Waals surface area contributed by atoms with Crippen LogP contribution in [0.5, 0.6) is 0 Å². The van der Waals surface area contributed by atoms with Gasteiger partial charge in [-0.15, -0.1) is 0 Å². The number of allylic oxidation sites excluding steroid dienone is 1. The first-order valence-electron chi connectivity index (χ1n) is 8.75. The number of nitriles is 1. The molecule has 0 aromatic heterocycles. The highest BCUT2D eigenvalue weighted by Crippen LogP contribution is 2.36. The number of hydrogen-bond donors (Lipinski definition) is 2. The molecule has 2 N–H and O–H groups in total. The fraction of sp³-hybridized carbons (Fsp3) is 0.190. The third-order valence-corrected chi connectivity index (χ3v) is 5.95. The summed E-state index contributed by atoms with van der Waals surface area (Å²) in [6.07, 6.45) is 0.169. The summed E-state index contributed by atoms with van der Waals surface area (Å²) in [6, 6.07) is 14.5. The van der Waals surface area contributed by atoms with Crippen molar-refractivity contribution in [3.63, 3.8) is 0 Å². The van der Waals surface area contributed by atoms with Gasteiger partial charge in [0.2, 0.25) is 11.8 Å². The van der Waals surface area contributed by atoms with Crippen molar-refractivity contribution in [2.45, 2.75) is 19.3 Å². The average Bonchev–Trinajstić information content (AvgIpc) is 2.69. The van der Waals surface area contributed by atoms with Gasteiger partial charge in [0.1, 0.15) is 0 Å². The van der Waals surface area contributed by atoms with Crippen LogP contribution in [-0.4, -0.2) is 17.6 Å². The molecule has 1 heterocycles. The maximum absolute atomic E-state index is 12.4. The van der Waals surface area contributed by atoms with E-state index in [0.717, 1.165) is 22.9 Å². The van der Waals surface area contributed by atoms with Crippen molar-refractivity contribution >= 4 is 52.5 Å². The maximum atomic E-state index is 12.4. The summed E-state index contributed by atoms with van der Waals surface area (Å²) in [4.78, 5) is 24.6. The highest BCUT2D eigenvalue weighted by Gasteiger charge is 2.29. The van der Waals surface area contributed by atoms with Crippen LogP contribution in [0.2, 0.25) is 10.0 Å². The molecular weight excluding hydrogens is 429 g/mol. The summed E-state index contributed by atoms with van der Waals surface area (Å²) in [5, 5.41) is 16.7. The number of nitrogens with zero attached hydrogens (tertiary/aromatic N) is 1. The molecule has 2 amide bonds. The van der Waals surface area contributed by atoms with E-state index in [-0.39, 0.29) is 29.9 Å². The lowest BCUT2D eigenvalue weighted by atomic mass is 9.87. The van der Waals surface area contributed by atoms with Gasteiger partial charge in [-0.05, 0) is 42.3 Å². The van der Waals surface area contributed by atoms with Crippen LogP contribution < -0.4 is 10.6 Å². The molecule has 1 aliphatic heterocycles. The number of carbonyl (C=O) groups excluding carboxylic acids is 2. The zero-order valence-electron chi connectivity index (χ0n) is 15.5. The monoisotopic (exact) mass is 445 g/mol. The molecular formula is C21H17Cl2N3O2S. The fourth-order valence-corrected chi connectivity index (χ4v) is 4.14. The molecule has 8 heteroatoms. The molecule has 0 saturated heterocycles. The molecule has 0 spiro atoms. The van der Waals surface area contributed by atoms with Gasteiger partial charge in [0, 0.05) is 28.1 Å². The number of anilines is 1. The first-order valence-corrected chi connectivity index (χ1v) is 10.5. The van der Waals surface area contributed by atoms with Crippen molar-refractivity contribution in [1.29, 1.82) is 5.26 Å². The van der Waals surface area contributed by atoms with E-state index in [9.17, 15) is 14.9 Å². The predicted octanol–water partition coefficient (Wildman–Crippen LogP) is 5.01. The van der Waals surface area contributed by atoms with Gasteiger partial charge < -0.3 is 10.6 Å². The Hall–Kier alpha value is -2.46. The Morgan fingerprint density at radius 2 is 1.93 bits per heavy atom. The standard InChI is InChI=1S/C21H17Cl2N3O2S/c1-12-2-5-15(23)8-18(12)25-20(28)11-29-21-17(10-24)16(9-19(27)26-21)13-3-6-14(22)7-4-13/h2-8,16H,9,11H2,1H3,(H,25,28)(H,26,27)/t16-/m0/s1. The third-order valence-electron chi connectivity index (χ3n) is 4.45. The molecule has 2 aromatic rings. The SMILES string of the molecule is Cc1ccc(Cl)cc1NC(=O)CSC1=C(C#N)[C@H](c2ccc(Cl)cc2)CC(=O)N1. The van der Waals surface area contributed by atoms with Crippen molar-refractivity contribution < 1.29 is 9.59 Å². The number of benzene rings is 2. The number of rotatable bonds is 5. The van der Waals surface area contributed by atoms with Crippen LogP contribution in [-0.2, 0) is 9.59 Å². The zero-order chi connectivity index (χ0) is 21.0. The summed E-state index contributed by atoms with van der Waals surface area (Å²) < 4.78 is 0. The van der Waals surface area contributed by atoms with Crippen LogP contribution in [0.25, 0.3) is 0 Å². The van der Waals surface area contributed by atoms with E-state index in [0.29, 0.717) is 26.3 Å². The van der Waals surface area contributed by atoms with Gasteiger partial charge >= 0.3 is 0 Å². The number of thioether (sulfide) groups is 1. The second-order valence-electron chi connectivity index (χ2n) is 6.51. The highest BCUT2D eigenvalue weighted by molar-refractivity contribution is 8.03. The number of nitrogens with one attached hydrogen (secondary N) is 2. The lowest BCUT2D eigenvalue weighted by molar-refractivity contribution is -0.121. The maximum Gasteiger partial charge on any atom is 0.234 e. The second kappa shape index (κ2) is 9.36. The first-order chi connectivity index (χ1) is 13.9. The normalized spacial score (nSPS) is 16.2. The molecule has 0 bridgehead atoms. The van der Waals surface area contributed by atoms with E-state index >= 15 is 0 Å². The molecule has 5 nitrogen and oxygen atoms in total. The van der Waals surface area contributed by atoms with E-state index in [1.807, 2.05) is 13.0 Å². The van der Waals surface area contributed by atoms with Gasteiger partial charge in [-0.1, -0.05) is 53.2 Å². The van der Waals surface area contributed by atoms with E-state index in [4.69, 9.17) is 23.2 Å². The third kappa shape index (κ3) is 5.33. The first kappa shape index (κ1) is 21.3. The van der Waals surface area contributed by atoms with Gasteiger partial charge in [0.25, 0.3) is 0 Å². The van der Waals surface area contributed by atoms with Crippen molar-refractivity contribution in [3.05, 3.63) is 74.2 Å². The van der Waals surface area contributed by atoms with Gasteiger partial charge in [0.15, 0.2) is 0 Å². The summed E-state index contributed by atoms with van der Waals surface area (Å²) in [7, 11) is 0. The number of halogens is 2. The molecule has 0 aliphatic carbocycles. The summed E-state index contributed by atoms with van der Waals surface area (Å²) in [5.74, 6) is -0.780. The van der Waals surface area contributed by atoms with Crippen molar-refractivity contribution in [1.82, 2.24) is 5.32 Å². The summed E-state index contributed by atoms with van der Waals surface area (Å²) in [6.45, 7) is 1.87. The Morgan fingerprint density at radius 3 is 2.62 bits per heavy atom. The molecule has 1 aliphatic rings. The van der Waals surface area contributed by atoms with Crippen LogP contribution in [0.4, 0.5) is 5.69 Å². The largest absolute Gasteiger partial charge is 0.325 e. The van der Waals surface area contributed by atoms with Crippen molar-refractivity contribution in [2.75, 3.05) is 11.1 Å². The molecule has 29 heavy (non-hydrogen) atoms. The predicted molar refractivity (Wildman–Crippen MR) is 117 cm³/mol. The van der Waals surface area contributed by atoms with E-state index in [2.05, 4.69) is 16.7 Å². The topological polar surface area (TPSA) is 82.0 Å². The van der Waals surface area contributed by atoms with Crippen molar-refractivity contribution in [3.8, 4) is 6.07 Å². The van der Waals surface area contributed by atoms with Crippen LogP contribution >= 0.6 is 35.0 Å². The van der Waals surface area contributed by atoms with Gasteiger partial charge in [-0.2, -0.15) is 5.26 Å². The number of carbonyl (C=O) groups is 2. The van der Waals surface area contributed by atoms with Gasteiger partial charge in [-0.3, -0.25) is 9.59 Å². The molecule has 1 atom stereocenters. The van der Waals surface area contributed by atoms with Gasteiger partial charge in [0.05, 0.1) is 22.4 Å². The van der Waals surface area contributed by atoms with E-state index in [1.165, 1.54) is 0 Å². The second-order valence-corrected chi connectivity index (χ2v) is 8.37. The average molecular weight is 446 g/mol. The van der Waals surface area contributed by atoms with Crippen LogP contribution in [0.3, 0.4) is 0 Å². The quantitative estimate of drug-likeness (QED) is 0.677. The highest BCUT2D eigenvalue weighted by atomic mass is 35.5. The lowest BCUT2D eigenvalue weighted by Crippen LogP contribution is -2.31. The van der Waals surface area contributed by atoms with Gasteiger partial charge in [-0.25, -0.2) is 0 Å². The lowest BCUT2D eigenvalue weighted by Gasteiger charge is -2.25. The molecule has 148 valence electrons. The number of aryl methyl sites for hydroxylation is 1. The number of hydrogen-bond acceptors (Lipinski definition) is 4. The molecule has 3 rings (SSSR count). The smallest absolute Gasteiger partial charge is 0.234 e. The van der Waals surface area contributed by atoms with Crippen LogP contribution in [0.1, 0.15) is 23.5 Å². The summed E-state index contributed by atoms with van der Waals surface area (Å²) >= 11 is 13.0. The number of amides is 2. The molecule has 0 unspecified atom stereocenters. The fourth-order valence-electron chi connectivity index (χ4n) is 2.97. The zero-order valence-corrected chi connectivity index (χ0v) is 17.8. The molecule has 2 aromatic carbocycles. The minimum atomic E-state index is -0.369. The minimum absolute atomic E-state index is 0.0418. The Balaban J connectivity index is 1.76. The Morgan fingerprint density at radius 1 is 1.24 bits per heavy atom. The Bertz CT molecular complexity index is 1030. The Labute approximate surface area is 183 Å². The molecule has 0 fully saturated rings. The summed E-state index contributed by atoms with van der Waals surface area (Å²) in [5.41, 5.74) is 2.78. The van der Waals surface area contributed by atoms with E-state index in [1.54, 1.807) is 36.4 Å². The Kier molecular flexibility index (Phi) is 6.86. The van der Waals surface area contributed by atoms with Crippen molar-refractivity contribution in [2.24, 2.45) is 0 Å².